The summed E-state index contributed by atoms with van der Waals surface area (Å²) >= 11 is 0. The molecule has 1 aromatic carbocycles. The molecule has 3 rings (SSSR count). The Kier molecular flexibility index (Phi) is 3.67. The molecule has 2 heterocycles. The van der Waals surface area contributed by atoms with E-state index in [4.69, 9.17) is 15.0 Å². The molecule has 3 N–H and O–H groups in total. The third kappa shape index (κ3) is 2.49. The lowest BCUT2D eigenvalue weighted by molar-refractivity contribution is 0.00578. The standard InChI is InChI=1S/C17H23BN2O2/c1-16(2)17(3,4)22-18(21-16)13(11-19)10-12-6-5-7-15-14(12)8-9-20-15/h5-10,20H,11,19H2,1-4H3. The molecule has 1 saturated heterocycles. The third-order valence-corrected chi connectivity index (χ3v) is 4.76. The number of hydrogen-bond donors (Lipinski definition) is 2. The van der Waals surface area contributed by atoms with E-state index in [1.165, 1.54) is 5.39 Å². The van der Waals surface area contributed by atoms with Crippen molar-refractivity contribution in [3.05, 3.63) is 41.5 Å². The van der Waals surface area contributed by atoms with Gasteiger partial charge in [0.15, 0.2) is 0 Å². The zero-order chi connectivity index (χ0) is 16.0. The predicted octanol–water partition coefficient (Wildman–Crippen LogP) is 3.14. The summed E-state index contributed by atoms with van der Waals surface area (Å²) in [6.07, 6.45) is 4.03. The minimum absolute atomic E-state index is 0.355. The Morgan fingerprint density at radius 1 is 1.18 bits per heavy atom. The van der Waals surface area contributed by atoms with Crippen LogP contribution in [0.1, 0.15) is 33.3 Å². The van der Waals surface area contributed by atoms with Gasteiger partial charge in [-0.25, -0.2) is 0 Å². The van der Waals surface area contributed by atoms with Crippen LogP contribution >= 0.6 is 0 Å². The Morgan fingerprint density at radius 3 is 2.50 bits per heavy atom. The molecular weight excluding hydrogens is 275 g/mol. The van der Waals surface area contributed by atoms with Crippen molar-refractivity contribution < 1.29 is 9.31 Å². The van der Waals surface area contributed by atoms with Crippen molar-refractivity contribution in [3.63, 3.8) is 0 Å². The number of hydrogen-bond acceptors (Lipinski definition) is 3. The molecule has 116 valence electrons. The number of rotatable bonds is 3. The van der Waals surface area contributed by atoms with Crippen molar-refractivity contribution in [1.82, 2.24) is 4.98 Å². The Bertz CT molecular complexity index is 702. The maximum Gasteiger partial charge on any atom is 0.491 e. The fourth-order valence-corrected chi connectivity index (χ4v) is 2.65. The van der Waals surface area contributed by atoms with Crippen LogP contribution in [0.5, 0.6) is 0 Å². The Morgan fingerprint density at radius 2 is 1.86 bits per heavy atom. The summed E-state index contributed by atoms with van der Waals surface area (Å²) in [5, 5.41) is 1.17. The van der Waals surface area contributed by atoms with E-state index in [1.807, 2.05) is 40.0 Å². The summed E-state index contributed by atoms with van der Waals surface area (Å²) in [5.74, 6) is 0. The summed E-state index contributed by atoms with van der Waals surface area (Å²) < 4.78 is 12.2. The van der Waals surface area contributed by atoms with E-state index in [9.17, 15) is 0 Å². The molecule has 5 heteroatoms. The maximum absolute atomic E-state index is 6.10. The molecule has 22 heavy (non-hydrogen) atoms. The second-order valence-electron chi connectivity index (χ2n) is 6.80. The summed E-state index contributed by atoms with van der Waals surface area (Å²) in [5.41, 5.74) is 8.43. The van der Waals surface area contributed by atoms with Gasteiger partial charge in [0.05, 0.1) is 11.2 Å². The van der Waals surface area contributed by atoms with Crippen LogP contribution in [0.3, 0.4) is 0 Å². The van der Waals surface area contributed by atoms with Crippen LogP contribution in [0.15, 0.2) is 35.9 Å². The number of H-pyrrole nitrogens is 1. The molecule has 0 saturated carbocycles. The molecule has 1 aliphatic heterocycles. The number of fused-ring (bicyclic) bond motifs is 1. The number of nitrogens with one attached hydrogen (secondary N) is 1. The number of aromatic nitrogens is 1. The first kappa shape index (κ1) is 15.3. The molecule has 0 amide bonds. The van der Waals surface area contributed by atoms with Gasteiger partial charge in [0.25, 0.3) is 0 Å². The molecule has 0 aliphatic carbocycles. The molecule has 4 nitrogen and oxygen atoms in total. The second-order valence-corrected chi connectivity index (χ2v) is 6.80. The van der Waals surface area contributed by atoms with Gasteiger partial charge in [0.2, 0.25) is 0 Å². The van der Waals surface area contributed by atoms with E-state index in [1.54, 1.807) is 0 Å². The van der Waals surface area contributed by atoms with Crippen LogP contribution in [0.25, 0.3) is 17.0 Å². The fourth-order valence-electron chi connectivity index (χ4n) is 2.65. The van der Waals surface area contributed by atoms with E-state index < -0.39 is 7.12 Å². The summed E-state index contributed by atoms with van der Waals surface area (Å²) in [6.45, 7) is 8.60. The van der Waals surface area contributed by atoms with E-state index in [-0.39, 0.29) is 11.2 Å². The molecule has 0 spiro atoms. The van der Waals surface area contributed by atoms with Crippen molar-refractivity contribution in [2.24, 2.45) is 5.73 Å². The second kappa shape index (κ2) is 5.27. The summed E-state index contributed by atoms with van der Waals surface area (Å²) in [6, 6.07) is 8.24. The van der Waals surface area contributed by atoms with Gasteiger partial charge in [-0.3, -0.25) is 0 Å². The topological polar surface area (TPSA) is 60.3 Å². The number of nitrogens with two attached hydrogens (primary N) is 1. The molecule has 1 aromatic heterocycles. The molecule has 0 bridgehead atoms. The van der Waals surface area contributed by atoms with Crippen molar-refractivity contribution in [2.75, 3.05) is 6.54 Å². The minimum atomic E-state index is -0.399. The largest absolute Gasteiger partial charge is 0.491 e. The predicted molar refractivity (Wildman–Crippen MR) is 91.4 cm³/mol. The van der Waals surface area contributed by atoms with Gasteiger partial charge in [-0.1, -0.05) is 18.2 Å². The van der Waals surface area contributed by atoms with Gasteiger partial charge in [0.1, 0.15) is 0 Å². The number of benzene rings is 1. The van der Waals surface area contributed by atoms with Gasteiger partial charge in [0, 0.05) is 23.6 Å². The lowest BCUT2D eigenvalue weighted by Crippen LogP contribution is -2.41. The molecule has 1 fully saturated rings. The fraction of sp³-hybridized carbons (Fsp3) is 0.412. The lowest BCUT2D eigenvalue weighted by Gasteiger charge is -2.32. The molecular formula is C17H23BN2O2. The molecule has 1 aliphatic rings. The van der Waals surface area contributed by atoms with Gasteiger partial charge in [-0.15, -0.1) is 0 Å². The molecule has 0 radical (unpaired) electrons. The lowest BCUT2D eigenvalue weighted by atomic mass is 9.77. The summed E-state index contributed by atoms with van der Waals surface area (Å²) in [7, 11) is -0.399. The van der Waals surface area contributed by atoms with Crippen LogP contribution < -0.4 is 5.73 Å². The number of aromatic amines is 1. The highest BCUT2D eigenvalue weighted by Crippen LogP contribution is 2.38. The van der Waals surface area contributed by atoms with Crippen LogP contribution in [0.2, 0.25) is 0 Å². The highest BCUT2D eigenvalue weighted by molar-refractivity contribution is 6.56. The van der Waals surface area contributed by atoms with Crippen LogP contribution in [0, 0.1) is 0 Å². The average molecular weight is 298 g/mol. The van der Waals surface area contributed by atoms with Gasteiger partial charge in [-0.05, 0) is 50.9 Å². The van der Waals surface area contributed by atoms with E-state index >= 15 is 0 Å². The molecule has 0 atom stereocenters. The zero-order valence-electron chi connectivity index (χ0n) is 13.6. The van der Waals surface area contributed by atoms with Crippen LogP contribution in [-0.2, 0) is 9.31 Å². The first-order chi connectivity index (χ1) is 10.3. The van der Waals surface area contributed by atoms with E-state index in [2.05, 4.69) is 29.3 Å². The van der Waals surface area contributed by atoms with Crippen molar-refractivity contribution in [3.8, 4) is 0 Å². The average Bonchev–Trinajstić information content (AvgIpc) is 2.99. The molecule has 0 unspecified atom stereocenters. The normalized spacial score (nSPS) is 20.8. The molecule has 2 aromatic rings. The first-order valence-electron chi connectivity index (χ1n) is 7.66. The SMILES string of the molecule is CC1(C)OB(C(=Cc2cccc3[nH]ccc23)CN)OC1(C)C. The highest BCUT2D eigenvalue weighted by atomic mass is 16.7. The Labute approximate surface area is 131 Å². The van der Waals surface area contributed by atoms with Crippen molar-refractivity contribution in [1.29, 1.82) is 0 Å². The smallest absolute Gasteiger partial charge is 0.400 e. The monoisotopic (exact) mass is 298 g/mol. The minimum Gasteiger partial charge on any atom is -0.400 e. The van der Waals surface area contributed by atoms with E-state index in [0.717, 1.165) is 16.6 Å². The van der Waals surface area contributed by atoms with Crippen LogP contribution in [0.4, 0.5) is 0 Å². The maximum atomic E-state index is 6.10. The van der Waals surface area contributed by atoms with Crippen molar-refractivity contribution >= 4 is 24.1 Å². The highest BCUT2D eigenvalue weighted by Gasteiger charge is 2.52. The van der Waals surface area contributed by atoms with Gasteiger partial charge in [-0.2, -0.15) is 0 Å². The van der Waals surface area contributed by atoms with Gasteiger partial charge < -0.3 is 20.0 Å². The zero-order valence-corrected chi connectivity index (χ0v) is 13.6. The Balaban J connectivity index is 1.97. The third-order valence-electron chi connectivity index (χ3n) is 4.76. The van der Waals surface area contributed by atoms with Crippen LogP contribution in [-0.4, -0.2) is 29.8 Å². The first-order valence-corrected chi connectivity index (χ1v) is 7.66. The van der Waals surface area contributed by atoms with E-state index in [0.29, 0.717) is 6.54 Å². The quantitative estimate of drug-likeness (QED) is 0.856. The summed E-state index contributed by atoms with van der Waals surface area (Å²) in [4.78, 5) is 3.22. The van der Waals surface area contributed by atoms with Crippen molar-refractivity contribution in [2.45, 2.75) is 38.9 Å². The van der Waals surface area contributed by atoms with Gasteiger partial charge >= 0.3 is 7.12 Å². The Hall–Kier alpha value is -1.56.